The first-order chi connectivity index (χ1) is 12.8. The summed E-state index contributed by atoms with van der Waals surface area (Å²) in [6.45, 7) is 1.45. The molecule has 0 heterocycles. The number of nitrogens with zero attached hydrogens (tertiary/aromatic N) is 1. The molecule has 7 nitrogen and oxygen atoms in total. The number of nitrogens with one attached hydrogen (secondary N) is 2. The monoisotopic (exact) mass is 391 g/mol. The lowest BCUT2D eigenvalue weighted by Gasteiger charge is -2.11. The maximum absolute atomic E-state index is 12.5. The number of ether oxygens (including phenoxy) is 1. The molecule has 0 spiro atoms. The van der Waals surface area contributed by atoms with Gasteiger partial charge in [0.2, 0.25) is 0 Å². The van der Waals surface area contributed by atoms with Gasteiger partial charge in [0.05, 0.1) is 17.7 Å². The van der Waals surface area contributed by atoms with E-state index in [2.05, 4.69) is 10.0 Å². The minimum Gasteiger partial charge on any atom is -0.497 e. The Morgan fingerprint density at radius 3 is 2.44 bits per heavy atom. The number of amides is 1. The SMILES string of the molecule is COc1cccc(NS(=O)(=O)c2ccc(C(=O)NCCCN(C)C)cc2)c1. The molecule has 2 aromatic carbocycles. The van der Waals surface area contributed by atoms with Crippen molar-refractivity contribution >= 4 is 21.6 Å². The van der Waals surface area contributed by atoms with Gasteiger partial charge >= 0.3 is 0 Å². The van der Waals surface area contributed by atoms with Gasteiger partial charge in [-0.25, -0.2) is 8.42 Å². The van der Waals surface area contributed by atoms with Gasteiger partial charge in [0, 0.05) is 18.2 Å². The van der Waals surface area contributed by atoms with Gasteiger partial charge in [0.25, 0.3) is 15.9 Å². The third kappa shape index (κ3) is 6.26. The first-order valence-electron chi connectivity index (χ1n) is 8.52. The van der Waals surface area contributed by atoms with Crippen molar-refractivity contribution in [2.24, 2.45) is 0 Å². The Morgan fingerprint density at radius 2 is 1.81 bits per heavy atom. The standard InChI is InChI=1S/C19H25N3O4S/c1-22(2)13-5-12-20-19(23)15-8-10-18(11-9-15)27(24,25)21-16-6-4-7-17(14-16)26-3/h4,6-11,14,21H,5,12-13H2,1-3H3,(H,20,23). The molecule has 0 aliphatic heterocycles. The van der Waals surface area contributed by atoms with Crippen LogP contribution in [0, 0.1) is 0 Å². The van der Waals surface area contributed by atoms with Crippen LogP contribution in [0.2, 0.25) is 0 Å². The number of carbonyl (C=O) groups excluding carboxylic acids is 1. The highest BCUT2D eigenvalue weighted by atomic mass is 32.2. The molecule has 0 saturated carbocycles. The minimum atomic E-state index is -3.75. The topological polar surface area (TPSA) is 87.7 Å². The number of sulfonamides is 1. The maximum Gasteiger partial charge on any atom is 0.261 e. The number of hydrogen-bond donors (Lipinski definition) is 2. The number of benzene rings is 2. The molecular formula is C19H25N3O4S. The van der Waals surface area contributed by atoms with Crippen LogP contribution in [-0.4, -0.2) is 53.5 Å². The Kier molecular flexibility index (Phi) is 7.20. The van der Waals surface area contributed by atoms with Gasteiger partial charge in [-0.05, 0) is 63.5 Å². The minimum absolute atomic E-state index is 0.0782. The predicted molar refractivity (Wildman–Crippen MR) is 106 cm³/mol. The van der Waals surface area contributed by atoms with Crippen molar-refractivity contribution in [3.63, 3.8) is 0 Å². The van der Waals surface area contributed by atoms with E-state index >= 15 is 0 Å². The van der Waals surface area contributed by atoms with Gasteiger partial charge in [-0.2, -0.15) is 0 Å². The normalized spacial score (nSPS) is 11.3. The first kappa shape index (κ1) is 20.7. The largest absolute Gasteiger partial charge is 0.497 e. The molecule has 0 saturated heterocycles. The molecule has 0 radical (unpaired) electrons. The van der Waals surface area contributed by atoms with E-state index in [-0.39, 0.29) is 10.8 Å². The fraction of sp³-hybridized carbons (Fsp3) is 0.316. The zero-order valence-corrected chi connectivity index (χ0v) is 16.5. The molecule has 0 atom stereocenters. The summed E-state index contributed by atoms with van der Waals surface area (Å²) in [6.07, 6.45) is 0.843. The molecule has 0 aromatic heterocycles. The summed E-state index contributed by atoms with van der Waals surface area (Å²) < 4.78 is 32.6. The van der Waals surface area contributed by atoms with Crippen LogP contribution in [0.5, 0.6) is 5.75 Å². The zero-order valence-electron chi connectivity index (χ0n) is 15.7. The molecule has 2 rings (SSSR count). The molecule has 1 amide bonds. The fourth-order valence-electron chi connectivity index (χ4n) is 2.39. The van der Waals surface area contributed by atoms with Crippen molar-refractivity contribution in [1.82, 2.24) is 10.2 Å². The van der Waals surface area contributed by atoms with Crippen LogP contribution >= 0.6 is 0 Å². The average molecular weight is 391 g/mol. The van der Waals surface area contributed by atoms with E-state index in [0.717, 1.165) is 13.0 Å². The Bertz CT molecular complexity index is 865. The van der Waals surface area contributed by atoms with E-state index in [1.807, 2.05) is 19.0 Å². The molecular weight excluding hydrogens is 366 g/mol. The number of hydrogen-bond acceptors (Lipinski definition) is 5. The van der Waals surface area contributed by atoms with Crippen molar-refractivity contribution in [2.45, 2.75) is 11.3 Å². The third-order valence-corrected chi connectivity index (χ3v) is 5.21. The van der Waals surface area contributed by atoms with Gasteiger partial charge in [-0.1, -0.05) is 6.07 Å². The van der Waals surface area contributed by atoms with Crippen molar-refractivity contribution in [2.75, 3.05) is 39.0 Å². The average Bonchev–Trinajstić information content (AvgIpc) is 2.65. The predicted octanol–water partition coefficient (Wildman–Crippen LogP) is 2.18. The molecule has 27 heavy (non-hydrogen) atoms. The number of methoxy groups -OCH3 is 1. The zero-order chi connectivity index (χ0) is 19.9. The van der Waals surface area contributed by atoms with Gasteiger partial charge in [-0.15, -0.1) is 0 Å². The molecule has 0 bridgehead atoms. The van der Waals surface area contributed by atoms with E-state index in [1.165, 1.54) is 31.4 Å². The highest BCUT2D eigenvalue weighted by Crippen LogP contribution is 2.20. The van der Waals surface area contributed by atoms with Crippen LogP contribution in [-0.2, 0) is 10.0 Å². The van der Waals surface area contributed by atoms with Crippen molar-refractivity contribution in [3.8, 4) is 5.75 Å². The molecule has 2 aromatic rings. The van der Waals surface area contributed by atoms with Crippen LogP contribution in [0.15, 0.2) is 53.4 Å². The summed E-state index contributed by atoms with van der Waals surface area (Å²) in [7, 11) is 1.70. The molecule has 146 valence electrons. The highest BCUT2D eigenvalue weighted by Gasteiger charge is 2.15. The van der Waals surface area contributed by atoms with Gasteiger partial charge in [-0.3, -0.25) is 9.52 Å². The van der Waals surface area contributed by atoms with Crippen LogP contribution < -0.4 is 14.8 Å². The Hall–Kier alpha value is -2.58. The van der Waals surface area contributed by atoms with E-state index < -0.39 is 10.0 Å². The Labute approximate surface area is 160 Å². The summed E-state index contributed by atoms with van der Waals surface area (Å²) in [5.41, 5.74) is 0.817. The number of rotatable bonds is 9. The van der Waals surface area contributed by atoms with Crippen LogP contribution in [0.25, 0.3) is 0 Å². The van der Waals surface area contributed by atoms with Gasteiger partial charge in [0.15, 0.2) is 0 Å². The molecule has 0 unspecified atom stereocenters. The van der Waals surface area contributed by atoms with Crippen LogP contribution in [0.1, 0.15) is 16.8 Å². The molecule has 0 aliphatic rings. The first-order valence-corrected chi connectivity index (χ1v) is 10.00. The summed E-state index contributed by atoms with van der Waals surface area (Å²) in [5, 5.41) is 2.82. The van der Waals surface area contributed by atoms with E-state index in [0.29, 0.717) is 23.5 Å². The van der Waals surface area contributed by atoms with Crippen molar-refractivity contribution in [1.29, 1.82) is 0 Å². The summed E-state index contributed by atoms with van der Waals surface area (Å²) in [6, 6.07) is 12.5. The van der Waals surface area contributed by atoms with Crippen LogP contribution in [0.3, 0.4) is 0 Å². The molecule has 0 aliphatic carbocycles. The summed E-state index contributed by atoms with van der Waals surface area (Å²) in [4.78, 5) is 14.2. The number of carbonyl (C=O) groups is 1. The van der Waals surface area contributed by atoms with Crippen molar-refractivity contribution < 1.29 is 17.9 Å². The second-order valence-electron chi connectivity index (χ2n) is 6.27. The fourth-order valence-corrected chi connectivity index (χ4v) is 3.43. The molecule has 2 N–H and O–H groups in total. The maximum atomic E-state index is 12.5. The van der Waals surface area contributed by atoms with Crippen LogP contribution in [0.4, 0.5) is 5.69 Å². The molecule has 8 heteroatoms. The quantitative estimate of drug-likeness (QED) is 0.640. The lowest BCUT2D eigenvalue weighted by Crippen LogP contribution is -2.27. The van der Waals surface area contributed by atoms with E-state index in [4.69, 9.17) is 4.74 Å². The smallest absolute Gasteiger partial charge is 0.261 e. The lowest BCUT2D eigenvalue weighted by atomic mass is 10.2. The van der Waals surface area contributed by atoms with E-state index in [1.54, 1.807) is 24.3 Å². The number of anilines is 1. The third-order valence-electron chi connectivity index (χ3n) is 3.82. The summed E-state index contributed by atoms with van der Waals surface area (Å²) >= 11 is 0. The van der Waals surface area contributed by atoms with Crippen molar-refractivity contribution in [3.05, 3.63) is 54.1 Å². The second kappa shape index (κ2) is 9.38. The van der Waals surface area contributed by atoms with Gasteiger partial charge in [0.1, 0.15) is 5.75 Å². The summed E-state index contributed by atoms with van der Waals surface area (Å²) in [5.74, 6) is 0.329. The van der Waals surface area contributed by atoms with E-state index in [9.17, 15) is 13.2 Å². The Morgan fingerprint density at radius 1 is 1.11 bits per heavy atom. The highest BCUT2D eigenvalue weighted by molar-refractivity contribution is 7.92. The second-order valence-corrected chi connectivity index (χ2v) is 7.96. The lowest BCUT2D eigenvalue weighted by molar-refractivity contribution is 0.0952. The Balaban J connectivity index is 2.01. The molecule has 0 fully saturated rings. The van der Waals surface area contributed by atoms with Gasteiger partial charge < -0.3 is 15.0 Å².